The number of hydrogen-bond acceptors (Lipinski definition) is 2. The lowest BCUT2D eigenvalue weighted by molar-refractivity contribution is 0.0130. The topological polar surface area (TPSA) is 21.3 Å². The molecule has 1 saturated heterocycles. The summed E-state index contributed by atoms with van der Waals surface area (Å²) in [6.07, 6.45) is 2.58. The zero-order valence-corrected chi connectivity index (χ0v) is 11.3. The highest BCUT2D eigenvalue weighted by atomic mass is 35.5. The summed E-state index contributed by atoms with van der Waals surface area (Å²) < 4.78 is 5.53. The van der Waals surface area contributed by atoms with Gasteiger partial charge in [0.05, 0.1) is 6.10 Å². The Kier molecular flexibility index (Phi) is 4.43. The van der Waals surface area contributed by atoms with Gasteiger partial charge >= 0.3 is 0 Å². The number of aryl methyl sites for hydroxylation is 1. The Morgan fingerprint density at radius 1 is 1.47 bits per heavy atom. The predicted molar refractivity (Wildman–Crippen MR) is 71.5 cm³/mol. The van der Waals surface area contributed by atoms with Crippen molar-refractivity contribution in [1.82, 2.24) is 5.32 Å². The molecule has 1 fully saturated rings. The Labute approximate surface area is 108 Å². The van der Waals surface area contributed by atoms with Crippen molar-refractivity contribution in [2.45, 2.75) is 45.4 Å². The van der Waals surface area contributed by atoms with Crippen LogP contribution >= 0.6 is 11.6 Å². The average Bonchev–Trinajstić information content (AvgIpc) is 2.31. The van der Waals surface area contributed by atoms with Gasteiger partial charge in [-0.1, -0.05) is 23.7 Å². The van der Waals surface area contributed by atoms with E-state index in [1.165, 1.54) is 5.56 Å². The van der Waals surface area contributed by atoms with E-state index < -0.39 is 0 Å². The molecule has 2 unspecified atom stereocenters. The molecule has 0 spiro atoms. The lowest BCUT2D eigenvalue weighted by Gasteiger charge is -2.28. The maximum atomic E-state index is 6.11. The molecule has 1 aliphatic heterocycles. The summed E-state index contributed by atoms with van der Waals surface area (Å²) in [6.45, 7) is 5.92. The second-order valence-corrected chi connectivity index (χ2v) is 5.27. The van der Waals surface area contributed by atoms with Gasteiger partial charge in [0.15, 0.2) is 0 Å². The maximum absolute atomic E-state index is 6.11. The smallest absolute Gasteiger partial charge is 0.0561 e. The molecule has 0 saturated carbocycles. The Balaban J connectivity index is 1.86. The number of benzene rings is 1. The summed E-state index contributed by atoms with van der Waals surface area (Å²) in [4.78, 5) is 0. The lowest BCUT2D eigenvalue weighted by atomic mass is 10.0. The van der Waals surface area contributed by atoms with Gasteiger partial charge in [-0.15, -0.1) is 0 Å². The Morgan fingerprint density at radius 3 is 3.00 bits per heavy atom. The van der Waals surface area contributed by atoms with E-state index in [-0.39, 0.29) is 0 Å². The van der Waals surface area contributed by atoms with E-state index in [1.807, 2.05) is 13.0 Å². The molecule has 94 valence electrons. The fourth-order valence-electron chi connectivity index (χ4n) is 2.19. The van der Waals surface area contributed by atoms with Crippen molar-refractivity contribution in [2.75, 3.05) is 6.61 Å². The van der Waals surface area contributed by atoms with Crippen LogP contribution in [-0.4, -0.2) is 18.8 Å². The van der Waals surface area contributed by atoms with E-state index in [4.69, 9.17) is 16.3 Å². The first-order valence-corrected chi connectivity index (χ1v) is 6.63. The molecule has 2 nitrogen and oxygen atoms in total. The molecule has 1 aromatic rings. The van der Waals surface area contributed by atoms with E-state index >= 15 is 0 Å². The third-order valence-electron chi connectivity index (χ3n) is 3.32. The van der Waals surface area contributed by atoms with Crippen LogP contribution in [0.15, 0.2) is 18.2 Å². The number of hydrogen-bond donors (Lipinski definition) is 1. The monoisotopic (exact) mass is 253 g/mol. The normalized spacial score (nSPS) is 24.9. The molecule has 0 aromatic heterocycles. The summed E-state index contributed by atoms with van der Waals surface area (Å²) in [6, 6.07) is 6.83. The zero-order chi connectivity index (χ0) is 12.3. The summed E-state index contributed by atoms with van der Waals surface area (Å²) in [7, 11) is 0. The quantitative estimate of drug-likeness (QED) is 0.893. The highest BCUT2D eigenvalue weighted by Gasteiger charge is 2.18. The highest BCUT2D eigenvalue weighted by Crippen LogP contribution is 2.18. The van der Waals surface area contributed by atoms with Crippen molar-refractivity contribution in [2.24, 2.45) is 0 Å². The fraction of sp³-hybridized carbons (Fsp3) is 0.571. The van der Waals surface area contributed by atoms with Crippen molar-refractivity contribution in [3.8, 4) is 0 Å². The minimum atomic E-state index is 0.378. The van der Waals surface area contributed by atoms with Crippen molar-refractivity contribution in [3.05, 3.63) is 34.3 Å². The molecule has 2 rings (SSSR count). The Hall–Kier alpha value is -0.570. The standard InChI is InChI=1S/C14H20ClNO/c1-10-3-4-12(8-14(10)15)9-16-13-5-6-17-11(2)7-13/h3-4,8,11,13,16H,5-7,9H2,1-2H3. The summed E-state index contributed by atoms with van der Waals surface area (Å²) in [5, 5.41) is 4.43. The fourth-order valence-corrected chi connectivity index (χ4v) is 2.40. The molecule has 1 heterocycles. The number of ether oxygens (including phenoxy) is 1. The van der Waals surface area contributed by atoms with Crippen LogP contribution in [0.5, 0.6) is 0 Å². The van der Waals surface area contributed by atoms with Gasteiger partial charge in [-0.05, 0) is 43.9 Å². The van der Waals surface area contributed by atoms with E-state index in [0.717, 1.165) is 36.6 Å². The summed E-state index contributed by atoms with van der Waals surface area (Å²) in [5.41, 5.74) is 2.38. The summed E-state index contributed by atoms with van der Waals surface area (Å²) >= 11 is 6.11. The molecule has 0 radical (unpaired) electrons. The first kappa shape index (κ1) is 12.9. The van der Waals surface area contributed by atoms with Gasteiger partial charge in [0, 0.05) is 24.2 Å². The molecule has 1 aliphatic rings. The third-order valence-corrected chi connectivity index (χ3v) is 3.72. The first-order valence-electron chi connectivity index (χ1n) is 6.25. The number of halogens is 1. The number of rotatable bonds is 3. The molecule has 0 amide bonds. The minimum Gasteiger partial charge on any atom is -0.378 e. The van der Waals surface area contributed by atoms with E-state index in [1.54, 1.807) is 0 Å². The van der Waals surface area contributed by atoms with Crippen LogP contribution in [0, 0.1) is 6.92 Å². The number of nitrogens with one attached hydrogen (secondary N) is 1. The van der Waals surface area contributed by atoms with Gasteiger partial charge in [0.1, 0.15) is 0 Å². The molecule has 17 heavy (non-hydrogen) atoms. The minimum absolute atomic E-state index is 0.378. The van der Waals surface area contributed by atoms with Crippen LogP contribution in [0.25, 0.3) is 0 Å². The highest BCUT2D eigenvalue weighted by molar-refractivity contribution is 6.31. The van der Waals surface area contributed by atoms with Gasteiger partial charge < -0.3 is 10.1 Å². The van der Waals surface area contributed by atoms with Crippen LogP contribution in [0.4, 0.5) is 0 Å². The molecule has 3 heteroatoms. The Morgan fingerprint density at radius 2 is 2.29 bits per heavy atom. The molecule has 0 bridgehead atoms. The second-order valence-electron chi connectivity index (χ2n) is 4.87. The molecule has 2 atom stereocenters. The van der Waals surface area contributed by atoms with Crippen LogP contribution in [0.1, 0.15) is 30.9 Å². The van der Waals surface area contributed by atoms with Gasteiger partial charge in [0.25, 0.3) is 0 Å². The molecule has 1 aromatic carbocycles. The van der Waals surface area contributed by atoms with E-state index in [0.29, 0.717) is 12.1 Å². The SMILES string of the molecule is Cc1ccc(CNC2CCOC(C)C2)cc1Cl. The Bertz CT molecular complexity index is 380. The maximum Gasteiger partial charge on any atom is 0.0561 e. The predicted octanol–water partition coefficient (Wildman–Crippen LogP) is 3.31. The van der Waals surface area contributed by atoms with E-state index in [2.05, 4.69) is 24.4 Å². The zero-order valence-electron chi connectivity index (χ0n) is 10.5. The second kappa shape index (κ2) is 5.85. The van der Waals surface area contributed by atoms with Crippen LogP contribution < -0.4 is 5.32 Å². The van der Waals surface area contributed by atoms with Gasteiger partial charge in [-0.2, -0.15) is 0 Å². The average molecular weight is 254 g/mol. The van der Waals surface area contributed by atoms with E-state index in [9.17, 15) is 0 Å². The van der Waals surface area contributed by atoms with Crippen molar-refractivity contribution in [3.63, 3.8) is 0 Å². The third kappa shape index (κ3) is 3.70. The summed E-state index contributed by atoms with van der Waals surface area (Å²) in [5.74, 6) is 0. The van der Waals surface area contributed by atoms with Gasteiger partial charge in [-0.3, -0.25) is 0 Å². The largest absolute Gasteiger partial charge is 0.378 e. The molecular formula is C14H20ClNO. The van der Waals surface area contributed by atoms with Crippen molar-refractivity contribution >= 4 is 11.6 Å². The van der Waals surface area contributed by atoms with Gasteiger partial charge in [0.2, 0.25) is 0 Å². The molecular weight excluding hydrogens is 234 g/mol. The lowest BCUT2D eigenvalue weighted by Crippen LogP contribution is -2.37. The van der Waals surface area contributed by atoms with Crippen molar-refractivity contribution in [1.29, 1.82) is 0 Å². The first-order chi connectivity index (χ1) is 8.15. The molecule has 1 N–H and O–H groups in total. The molecule has 0 aliphatic carbocycles. The van der Waals surface area contributed by atoms with Gasteiger partial charge in [-0.25, -0.2) is 0 Å². The van der Waals surface area contributed by atoms with Crippen molar-refractivity contribution < 1.29 is 4.74 Å². The van der Waals surface area contributed by atoms with Crippen LogP contribution in [0.2, 0.25) is 5.02 Å². The van der Waals surface area contributed by atoms with Crippen LogP contribution in [-0.2, 0) is 11.3 Å². The van der Waals surface area contributed by atoms with Crippen LogP contribution in [0.3, 0.4) is 0 Å².